The van der Waals surface area contributed by atoms with E-state index in [9.17, 15) is 18.4 Å². The SMILES string of the molecule is CC(C)c1nn(CC(=O)Nc2ccc3nncn3c2)c(=O)c2sc(C3CC3(F)F)nc12. The van der Waals surface area contributed by atoms with Crippen LogP contribution in [0.2, 0.25) is 0 Å². The summed E-state index contributed by atoms with van der Waals surface area (Å²) in [7, 11) is 0. The molecule has 1 unspecified atom stereocenters. The minimum Gasteiger partial charge on any atom is -0.323 e. The molecule has 160 valence electrons. The van der Waals surface area contributed by atoms with Gasteiger partial charge in [-0.15, -0.1) is 21.5 Å². The van der Waals surface area contributed by atoms with E-state index < -0.39 is 23.3 Å². The monoisotopic (exact) mass is 445 g/mol. The van der Waals surface area contributed by atoms with Gasteiger partial charge in [0.15, 0.2) is 5.65 Å². The Morgan fingerprint density at radius 1 is 1.39 bits per heavy atom. The fraction of sp³-hybridized carbons (Fsp3) is 0.368. The highest BCUT2D eigenvalue weighted by molar-refractivity contribution is 7.18. The molecule has 0 bridgehead atoms. The van der Waals surface area contributed by atoms with Crippen LogP contribution in [-0.4, -0.2) is 41.2 Å². The van der Waals surface area contributed by atoms with Gasteiger partial charge in [-0.25, -0.2) is 18.4 Å². The average molecular weight is 445 g/mol. The molecule has 1 amide bonds. The number of aromatic nitrogens is 6. The van der Waals surface area contributed by atoms with Gasteiger partial charge in [0.1, 0.15) is 28.1 Å². The summed E-state index contributed by atoms with van der Waals surface area (Å²) in [4.78, 5) is 29.8. The van der Waals surface area contributed by atoms with Crippen LogP contribution in [0, 0.1) is 0 Å². The van der Waals surface area contributed by atoms with Gasteiger partial charge in [0.25, 0.3) is 11.5 Å². The Balaban J connectivity index is 1.46. The Kier molecular flexibility index (Phi) is 4.36. The van der Waals surface area contributed by atoms with Crippen LogP contribution in [-0.2, 0) is 11.3 Å². The molecule has 4 aromatic rings. The van der Waals surface area contributed by atoms with Crippen LogP contribution >= 0.6 is 11.3 Å². The van der Waals surface area contributed by atoms with E-state index >= 15 is 0 Å². The second-order valence-corrected chi connectivity index (χ2v) is 8.84. The molecule has 4 aromatic heterocycles. The van der Waals surface area contributed by atoms with E-state index in [-0.39, 0.29) is 28.6 Å². The number of nitrogens with zero attached hydrogens (tertiary/aromatic N) is 6. The van der Waals surface area contributed by atoms with Gasteiger partial charge in [-0.05, 0) is 18.1 Å². The van der Waals surface area contributed by atoms with E-state index in [1.807, 2.05) is 13.8 Å². The Morgan fingerprint density at radius 3 is 2.87 bits per heavy atom. The van der Waals surface area contributed by atoms with Crippen molar-refractivity contribution in [2.75, 3.05) is 5.32 Å². The lowest BCUT2D eigenvalue weighted by Crippen LogP contribution is -2.30. The van der Waals surface area contributed by atoms with Gasteiger partial charge in [-0.1, -0.05) is 13.8 Å². The van der Waals surface area contributed by atoms with Crippen molar-refractivity contribution in [1.82, 2.24) is 29.4 Å². The molecule has 1 aliphatic rings. The number of hydrogen-bond donors (Lipinski definition) is 1. The first-order valence-corrected chi connectivity index (χ1v) is 10.4. The quantitative estimate of drug-likeness (QED) is 0.506. The lowest BCUT2D eigenvalue weighted by atomic mass is 10.1. The Hall–Kier alpha value is -3.28. The molecule has 0 saturated heterocycles. The van der Waals surface area contributed by atoms with Gasteiger partial charge in [0.2, 0.25) is 5.91 Å². The van der Waals surface area contributed by atoms with Crippen molar-refractivity contribution in [3.8, 4) is 0 Å². The fourth-order valence-corrected chi connectivity index (χ4v) is 4.54. The van der Waals surface area contributed by atoms with Crippen LogP contribution in [0.4, 0.5) is 14.5 Å². The number of nitrogens with one attached hydrogen (secondary N) is 1. The van der Waals surface area contributed by atoms with E-state index in [1.165, 1.54) is 6.33 Å². The number of pyridine rings is 1. The molecule has 0 spiro atoms. The predicted molar refractivity (Wildman–Crippen MR) is 110 cm³/mol. The summed E-state index contributed by atoms with van der Waals surface area (Å²) in [5.41, 5.74) is 1.46. The zero-order valence-corrected chi connectivity index (χ0v) is 17.4. The van der Waals surface area contributed by atoms with Crippen molar-refractivity contribution >= 4 is 38.8 Å². The first-order valence-electron chi connectivity index (χ1n) is 9.61. The van der Waals surface area contributed by atoms with Gasteiger partial charge >= 0.3 is 0 Å². The van der Waals surface area contributed by atoms with Crippen molar-refractivity contribution in [3.05, 3.63) is 45.7 Å². The number of halogens is 2. The third-order valence-corrected chi connectivity index (χ3v) is 6.24. The third-order valence-electron chi connectivity index (χ3n) is 5.08. The molecule has 0 radical (unpaired) electrons. The minimum atomic E-state index is -2.77. The summed E-state index contributed by atoms with van der Waals surface area (Å²) in [5, 5.41) is 15.0. The molecular weight excluding hydrogens is 428 g/mol. The first kappa shape index (κ1) is 19.7. The van der Waals surface area contributed by atoms with Crippen molar-refractivity contribution in [2.24, 2.45) is 0 Å². The maximum absolute atomic E-state index is 13.5. The second-order valence-electron chi connectivity index (χ2n) is 7.81. The van der Waals surface area contributed by atoms with E-state index in [1.54, 1.807) is 22.7 Å². The molecule has 31 heavy (non-hydrogen) atoms. The summed E-state index contributed by atoms with van der Waals surface area (Å²) in [6.07, 6.45) is 2.90. The Labute approximate surface area is 177 Å². The van der Waals surface area contributed by atoms with Crippen LogP contribution in [0.5, 0.6) is 0 Å². The van der Waals surface area contributed by atoms with Gasteiger partial charge < -0.3 is 5.32 Å². The van der Waals surface area contributed by atoms with Crippen LogP contribution in [0.3, 0.4) is 0 Å². The molecule has 12 heteroatoms. The molecular formula is C19H17F2N7O2S. The smallest absolute Gasteiger partial charge is 0.286 e. The van der Waals surface area contributed by atoms with Gasteiger partial charge in [-0.3, -0.25) is 14.0 Å². The molecule has 1 fully saturated rings. The third kappa shape index (κ3) is 3.46. The standard InChI is InChI=1S/C19H17F2N7O2S/c1-9(2)14-15-16(31-17(24-15)11-5-19(11,20)21)18(30)28(26-14)7-13(29)23-10-3-4-12-25-22-8-27(12)6-10/h3-4,6,8-9,11H,5,7H2,1-2H3,(H,23,29). The zero-order chi connectivity index (χ0) is 21.9. The van der Waals surface area contributed by atoms with E-state index in [0.29, 0.717) is 22.5 Å². The van der Waals surface area contributed by atoms with Crippen LogP contribution in [0.25, 0.3) is 15.9 Å². The summed E-state index contributed by atoms with van der Waals surface area (Å²) < 4.78 is 30.0. The molecule has 4 heterocycles. The number of thiazole rings is 1. The number of carbonyl (C=O) groups is 1. The van der Waals surface area contributed by atoms with Crippen LogP contribution in [0.1, 0.15) is 42.8 Å². The highest BCUT2D eigenvalue weighted by atomic mass is 32.1. The predicted octanol–water partition coefficient (Wildman–Crippen LogP) is 2.78. The van der Waals surface area contributed by atoms with Crippen LogP contribution in [0.15, 0.2) is 29.5 Å². The number of fused-ring (bicyclic) bond motifs is 2. The lowest BCUT2D eigenvalue weighted by molar-refractivity contribution is -0.117. The first-order chi connectivity index (χ1) is 14.7. The molecule has 0 aromatic carbocycles. The van der Waals surface area contributed by atoms with Crippen molar-refractivity contribution in [3.63, 3.8) is 0 Å². The molecule has 1 saturated carbocycles. The van der Waals surface area contributed by atoms with E-state index in [2.05, 4.69) is 25.6 Å². The van der Waals surface area contributed by atoms with Crippen molar-refractivity contribution in [1.29, 1.82) is 0 Å². The Morgan fingerprint density at radius 2 is 2.16 bits per heavy atom. The summed E-state index contributed by atoms with van der Waals surface area (Å²) in [6, 6.07) is 3.37. The average Bonchev–Trinajstić information content (AvgIpc) is 3.08. The van der Waals surface area contributed by atoms with E-state index in [0.717, 1.165) is 16.0 Å². The van der Waals surface area contributed by atoms with Crippen LogP contribution < -0.4 is 10.9 Å². The number of carbonyl (C=O) groups excluding carboxylic acids is 1. The number of hydrogen-bond acceptors (Lipinski definition) is 7. The second kappa shape index (κ2) is 6.87. The highest BCUT2D eigenvalue weighted by Crippen LogP contribution is 2.56. The maximum Gasteiger partial charge on any atom is 0.286 e. The minimum absolute atomic E-state index is 0.108. The summed E-state index contributed by atoms with van der Waals surface area (Å²) in [5.74, 6) is -4.28. The number of alkyl halides is 2. The molecule has 9 nitrogen and oxygen atoms in total. The van der Waals surface area contributed by atoms with Gasteiger partial charge in [0, 0.05) is 12.6 Å². The fourth-order valence-electron chi connectivity index (χ4n) is 3.36. The molecule has 5 rings (SSSR count). The zero-order valence-electron chi connectivity index (χ0n) is 16.5. The highest BCUT2D eigenvalue weighted by Gasteiger charge is 2.59. The van der Waals surface area contributed by atoms with Crippen molar-refractivity contribution < 1.29 is 13.6 Å². The summed E-state index contributed by atoms with van der Waals surface area (Å²) in [6.45, 7) is 3.42. The van der Waals surface area contributed by atoms with E-state index in [4.69, 9.17) is 0 Å². The van der Waals surface area contributed by atoms with Gasteiger partial charge in [-0.2, -0.15) is 5.10 Å². The number of amides is 1. The lowest BCUT2D eigenvalue weighted by Gasteiger charge is -2.11. The molecule has 0 aliphatic heterocycles. The molecule has 1 aliphatic carbocycles. The topological polar surface area (TPSA) is 107 Å². The molecule has 1 atom stereocenters. The number of anilines is 1. The normalized spacial score (nSPS) is 17.5. The molecule has 1 N–H and O–H groups in total. The maximum atomic E-state index is 13.5. The largest absolute Gasteiger partial charge is 0.323 e. The van der Waals surface area contributed by atoms with Crippen molar-refractivity contribution in [2.45, 2.75) is 44.6 Å². The number of rotatable bonds is 5. The summed E-state index contributed by atoms with van der Waals surface area (Å²) >= 11 is 0.963. The van der Waals surface area contributed by atoms with Gasteiger partial charge in [0.05, 0.1) is 17.3 Å². The Bertz CT molecular complexity index is 1390.